The number of amides is 1. The van der Waals surface area contributed by atoms with E-state index in [4.69, 9.17) is 4.52 Å². The maximum Gasteiger partial charge on any atom is 0.227 e. The van der Waals surface area contributed by atoms with Gasteiger partial charge in [0.2, 0.25) is 17.6 Å². The van der Waals surface area contributed by atoms with Crippen LogP contribution in [0.1, 0.15) is 48.9 Å². The molecule has 0 saturated heterocycles. The second kappa shape index (κ2) is 7.34. The van der Waals surface area contributed by atoms with Gasteiger partial charge in [-0.15, -0.1) is 0 Å². The van der Waals surface area contributed by atoms with E-state index in [2.05, 4.69) is 46.3 Å². The van der Waals surface area contributed by atoms with Gasteiger partial charge in [-0.2, -0.15) is 10.1 Å². The lowest BCUT2D eigenvalue weighted by Crippen LogP contribution is -2.35. The molecule has 0 unspecified atom stereocenters. The number of hydrogen-bond donors (Lipinski definition) is 1. The van der Waals surface area contributed by atoms with Crippen LogP contribution < -0.4 is 0 Å². The molecule has 4 rings (SSSR count). The van der Waals surface area contributed by atoms with Crippen LogP contribution >= 0.6 is 0 Å². The summed E-state index contributed by atoms with van der Waals surface area (Å²) in [6.45, 7) is 5.65. The molecule has 0 fully saturated rings. The molecular weight excluding hydrogens is 342 g/mol. The van der Waals surface area contributed by atoms with Crippen molar-refractivity contribution in [2.24, 2.45) is 0 Å². The van der Waals surface area contributed by atoms with Gasteiger partial charge < -0.3 is 9.42 Å². The zero-order chi connectivity index (χ0) is 18.8. The topological polar surface area (TPSA) is 87.9 Å². The average molecular weight is 365 g/mol. The molecule has 2 aromatic heterocycles. The summed E-state index contributed by atoms with van der Waals surface area (Å²) in [6, 6.07) is 8.18. The van der Waals surface area contributed by atoms with Crippen LogP contribution in [0.3, 0.4) is 0 Å². The number of aromatic nitrogens is 4. The van der Waals surface area contributed by atoms with Crippen molar-refractivity contribution in [3.8, 4) is 11.4 Å². The van der Waals surface area contributed by atoms with Crippen molar-refractivity contribution in [1.29, 1.82) is 0 Å². The third-order valence-corrected chi connectivity index (χ3v) is 5.01. The van der Waals surface area contributed by atoms with E-state index in [1.54, 1.807) is 6.20 Å². The predicted octanol–water partition coefficient (Wildman–Crippen LogP) is 3.10. The summed E-state index contributed by atoms with van der Waals surface area (Å²) in [5.41, 5.74) is 4.42. The molecule has 0 bridgehead atoms. The molecule has 140 valence electrons. The van der Waals surface area contributed by atoms with Gasteiger partial charge in [0.05, 0.1) is 6.20 Å². The van der Waals surface area contributed by atoms with Crippen molar-refractivity contribution in [1.82, 2.24) is 25.2 Å². The van der Waals surface area contributed by atoms with E-state index in [0.29, 0.717) is 43.6 Å². The Morgan fingerprint density at radius 1 is 1.30 bits per heavy atom. The highest BCUT2D eigenvalue weighted by Crippen LogP contribution is 2.21. The minimum atomic E-state index is 0.0999. The number of H-pyrrole nitrogens is 1. The Balaban J connectivity index is 1.35. The minimum absolute atomic E-state index is 0.0999. The third kappa shape index (κ3) is 3.77. The molecule has 1 amide bonds. The molecule has 1 aliphatic rings. The van der Waals surface area contributed by atoms with Crippen molar-refractivity contribution in [3.05, 3.63) is 53.2 Å². The molecule has 0 spiro atoms. The predicted molar refractivity (Wildman–Crippen MR) is 99.9 cm³/mol. The van der Waals surface area contributed by atoms with Crippen molar-refractivity contribution >= 4 is 5.91 Å². The highest BCUT2D eigenvalue weighted by atomic mass is 16.5. The Bertz CT molecular complexity index is 926. The fourth-order valence-corrected chi connectivity index (χ4v) is 3.30. The number of aryl methyl sites for hydroxylation is 1. The van der Waals surface area contributed by atoms with E-state index in [0.717, 1.165) is 23.2 Å². The summed E-state index contributed by atoms with van der Waals surface area (Å²) < 4.78 is 5.33. The van der Waals surface area contributed by atoms with Crippen LogP contribution in [0.2, 0.25) is 0 Å². The standard InChI is InChI=1S/C20H23N5O2/c1-13(2)14-3-5-15(6-4-14)20-22-18(27-24-20)7-8-19(26)25-10-9-17-16(12-25)11-21-23-17/h3-6,11,13H,7-10,12H2,1-2H3,(H,21,23). The lowest BCUT2D eigenvalue weighted by atomic mass is 10.0. The second-order valence-corrected chi connectivity index (χ2v) is 7.23. The van der Waals surface area contributed by atoms with Gasteiger partial charge in [0, 0.05) is 49.2 Å². The summed E-state index contributed by atoms with van der Waals surface area (Å²) in [4.78, 5) is 18.8. The maximum absolute atomic E-state index is 12.5. The molecule has 7 heteroatoms. The van der Waals surface area contributed by atoms with Gasteiger partial charge in [-0.25, -0.2) is 0 Å². The first-order valence-corrected chi connectivity index (χ1v) is 9.32. The number of nitrogens with one attached hydrogen (secondary N) is 1. The molecule has 27 heavy (non-hydrogen) atoms. The number of carbonyl (C=O) groups is 1. The first-order valence-electron chi connectivity index (χ1n) is 9.32. The summed E-state index contributed by atoms with van der Waals surface area (Å²) in [5, 5.41) is 11.1. The van der Waals surface area contributed by atoms with Crippen molar-refractivity contribution in [2.45, 2.75) is 45.6 Å². The average Bonchev–Trinajstić information content (AvgIpc) is 3.35. The maximum atomic E-state index is 12.5. The summed E-state index contributed by atoms with van der Waals surface area (Å²) >= 11 is 0. The Kier molecular flexibility index (Phi) is 4.75. The number of benzene rings is 1. The molecule has 0 saturated carbocycles. The zero-order valence-corrected chi connectivity index (χ0v) is 15.6. The van der Waals surface area contributed by atoms with Gasteiger partial charge >= 0.3 is 0 Å². The number of aromatic amines is 1. The van der Waals surface area contributed by atoms with Crippen molar-refractivity contribution in [3.63, 3.8) is 0 Å². The number of carbonyl (C=O) groups excluding carboxylic acids is 1. The van der Waals surface area contributed by atoms with E-state index in [1.165, 1.54) is 5.56 Å². The van der Waals surface area contributed by atoms with E-state index in [-0.39, 0.29) is 5.91 Å². The number of nitrogens with zero attached hydrogens (tertiary/aromatic N) is 4. The van der Waals surface area contributed by atoms with E-state index >= 15 is 0 Å². The van der Waals surface area contributed by atoms with Gasteiger partial charge in [-0.1, -0.05) is 43.3 Å². The molecule has 1 aliphatic heterocycles. The van der Waals surface area contributed by atoms with Crippen LogP contribution in [0.4, 0.5) is 0 Å². The Morgan fingerprint density at radius 2 is 2.11 bits per heavy atom. The second-order valence-electron chi connectivity index (χ2n) is 7.23. The van der Waals surface area contributed by atoms with Gasteiger partial charge in [0.1, 0.15) is 0 Å². The number of rotatable bonds is 5. The smallest absolute Gasteiger partial charge is 0.227 e. The van der Waals surface area contributed by atoms with E-state index < -0.39 is 0 Å². The molecular formula is C20H23N5O2. The van der Waals surface area contributed by atoms with Gasteiger partial charge in [0.15, 0.2) is 0 Å². The normalized spacial score (nSPS) is 13.8. The molecule has 3 heterocycles. The van der Waals surface area contributed by atoms with Crippen LogP contribution in [-0.2, 0) is 24.2 Å². The van der Waals surface area contributed by atoms with Crippen LogP contribution in [0.25, 0.3) is 11.4 Å². The molecule has 3 aromatic rings. The third-order valence-electron chi connectivity index (χ3n) is 5.01. The van der Waals surface area contributed by atoms with Gasteiger partial charge in [-0.3, -0.25) is 9.89 Å². The quantitative estimate of drug-likeness (QED) is 0.751. The molecule has 0 radical (unpaired) electrons. The molecule has 1 aromatic carbocycles. The Morgan fingerprint density at radius 3 is 2.89 bits per heavy atom. The molecule has 1 N–H and O–H groups in total. The van der Waals surface area contributed by atoms with Crippen molar-refractivity contribution in [2.75, 3.05) is 6.54 Å². The number of fused-ring (bicyclic) bond motifs is 1. The summed E-state index contributed by atoms with van der Waals surface area (Å²) in [5.74, 6) is 1.64. The van der Waals surface area contributed by atoms with Crippen LogP contribution in [0.5, 0.6) is 0 Å². The van der Waals surface area contributed by atoms with E-state index in [9.17, 15) is 4.79 Å². The largest absolute Gasteiger partial charge is 0.339 e. The highest BCUT2D eigenvalue weighted by molar-refractivity contribution is 5.76. The first-order chi connectivity index (χ1) is 13.1. The molecule has 0 atom stereocenters. The minimum Gasteiger partial charge on any atom is -0.339 e. The highest BCUT2D eigenvalue weighted by Gasteiger charge is 2.22. The SMILES string of the molecule is CC(C)c1ccc(-c2noc(CCC(=O)N3CCc4[nH]ncc4C3)n2)cc1. The van der Waals surface area contributed by atoms with Crippen LogP contribution in [-0.4, -0.2) is 37.7 Å². The van der Waals surface area contributed by atoms with Gasteiger partial charge in [-0.05, 0) is 11.5 Å². The van der Waals surface area contributed by atoms with Gasteiger partial charge in [0.25, 0.3) is 0 Å². The molecule has 7 nitrogen and oxygen atoms in total. The van der Waals surface area contributed by atoms with Crippen LogP contribution in [0, 0.1) is 0 Å². The lowest BCUT2D eigenvalue weighted by Gasteiger charge is -2.26. The summed E-state index contributed by atoms with van der Waals surface area (Å²) in [7, 11) is 0. The fourth-order valence-electron chi connectivity index (χ4n) is 3.30. The lowest BCUT2D eigenvalue weighted by molar-refractivity contribution is -0.132. The van der Waals surface area contributed by atoms with E-state index in [1.807, 2.05) is 17.0 Å². The Labute approximate surface area is 157 Å². The zero-order valence-electron chi connectivity index (χ0n) is 15.6. The summed E-state index contributed by atoms with van der Waals surface area (Å²) in [6.07, 6.45) is 3.42. The fraction of sp³-hybridized carbons (Fsp3) is 0.400. The monoisotopic (exact) mass is 365 g/mol. The first kappa shape index (κ1) is 17.5. The molecule has 0 aliphatic carbocycles. The van der Waals surface area contributed by atoms with Crippen molar-refractivity contribution < 1.29 is 9.32 Å². The van der Waals surface area contributed by atoms with Crippen LogP contribution in [0.15, 0.2) is 35.0 Å². The number of hydrogen-bond acceptors (Lipinski definition) is 5. The Hall–Kier alpha value is -2.96.